The maximum atomic E-state index is 14.2. The van der Waals surface area contributed by atoms with Crippen LogP contribution in [0.1, 0.15) is 11.1 Å². The maximum absolute atomic E-state index is 14.2. The second kappa shape index (κ2) is 5.54. The lowest BCUT2D eigenvalue weighted by Gasteiger charge is -2.22. The van der Waals surface area contributed by atoms with E-state index in [1.165, 1.54) is 12.1 Å². The standard InChI is InChI=1S/C15H14F2N2S/c1-9-5-3-4-6-11(9)19(2)12-8-7-10(15(18)20)13(16)14(12)17/h3-8H,1-2H3,(H2,18,20). The van der Waals surface area contributed by atoms with Gasteiger partial charge in [0, 0.05) is 18.3 Å². The van der Waals surface area contributed by atoms with E-state index >= 15 is 0 Å². The van der Waals surface area contributed by atoms with Crippen LogP contribution in [0, 0.1) is 18.6 Å². The van der Waals surface area contributed by atoms with Gasteiger partial charge >= 0.3 is 0 Å². The summed E-state index contributed by atoms with van der Waals surface area (Å²) in [6, 6.07) is 10.3. The Morgan fingerprint density at radius 3 is 2.30 bits per heavy atom. The van der Waals surface area contributed by atoms with Crippen molar-refractivity contribution in [3.63, 3.8) is 0 Å². The summed E-state index contributed by atoms with van der Waals surface area (Å²) in [6.45, 7) is 1.91. The highest BCUT2D eigenvalue weighted by atomic mass is 32.1. The SMILES string of the molecule is Cc1ccccc1N(C)c1ccc(C(N)=S)c(F)c1F. The largest absolute Gasteiger partial charge is 0.389 e. The first-order valence-corrected chi connectivity index (χ1v) is 6.41. The van der Waals surface area contributed by atoms with E-state index in [1.54, 1.807) is 11.9 Å². The summed E-state index contributed by atoms with van der Waals surface area (Å²) >= 11 is 4.69. The van der Waals surface area contributed by atoms with Gasteiger partial charge in [0.1, 0.15) is 4.99 Å². The molecular formula is C15H14F2N2S. The summed E-state index contributed by atoms with van der Waals surface area (Å²) < 4.78 is 28.1. The fraction of sp³-hybridized carbons (Fsp3) is 0.133. The zero-order chi connectivity index (χ0) is 14.9. The number of hydrogen-bond donors (Lipinski definition) is 1. The number of aryl methyl sites for hydroxylation is 1. The van der Waals surface area contributed by atoms with Gasteiger partial charge in [-0.2, -0.15) is 0 Å². The van der Waals surface area contributed by atoms with Gasteiger partial charge in [-0.25, -0.2) is 8.78 Å². The Bertz CT molecular complexity index is 671. The number of hydrogen-bond acceptors (Lipinski definition) is 2. The second-order valence-electron chi connectivity index (χ2n) is 4.47. The summed E-state index contributed by atoms with van der Waals surface area (Å²) in [7, 11) is 1.68. The van der Waals surface area contributed by atoms with Crippen molar-refractivity contribution in [3.05, 3.63) is 59.2 Å². The number of halogens is 2. The van der Waals surface area contributed by atoms with Crippen LogP contribution in [0.3, 0.4) is 0 Å². The third kappa shape index (κ3) is 2.49. The Labute approximate surface area is 121 Å². The van der Waals surface area contributed by atoms with Gasteiger partial charge in [-0.05, 0) is 30.7 Å². The van der Waals surface area contributed by atoms with E-state index < -0.39 is 11.6 Å². The minimum absolute atomic E-state index is 0.0839. The second-order valence-corrected chi connectivity index (χ2v) is 4.91. The van der Waals surface area contributed by atoms with Crippen molar-refractivity contribution in [2.45, 2.75) is 6.92 Å². The predicted molar refractivity (Wildman–Crippen MR) is 81.5 cm³/mol. The van der Waals surface area contributed by atoms with Gasteiger partial charge in [0.15, 0.2) is 11.6 Å². The molecule has 0 radical (unpaired) electrons. The number of rotatable bonds is 3. The molecule has 0 saturated heterocycles. The van der Waals surface area contributed by atoms with E-state index in [-0.39, 0.29) is 16.2 Å². The quantitative estimate of drug-likeness (QED) is 0.875. The molecule has 0 fully saturated rings. The van der Waals surface area contributed by atoms with Crippen molar-refractivity contribution in [3.8, 4) is 0 Å². The lowest BCUT2D eigenvalue weighted by molar-refractivity contribution is 0.508. The van der Waals surface area contributed by atoms with E-state index in [9.17, 15) is 8.78 Å². The molecule has 5 heteroatoms. The van der Waals surface area contributed by atoms with Gasteiger partial charge in [-0.1, -0.05) is 30.4 Å². The number of para-hydroxylation sites is 1. The summed E-state index contributed by atoms with van der Waals surface area (Å²) in [6.07, 6.45) is 0. The molecule has 0 unspecified atom stereocenters. The van der Waals surface area contributed by atoms with Crippen molar-refractivity contribution in [1.82, 2.24) is 0 Å². The van der Waals surface area contributed by atoms with Crippen LogP contribution in [0.2, 0.25) is 0 Å². The fourth-order valence-corrected chi connectivity index (χ4v) is 2.22. The van der Waals surface area contributed by atoms with Crippen LogP contribution in [0.25, 0.3) is 0 Å². The third-order valence-electron chi connectivity index (χ3n) is 3.17. The molecule has 20 heavy (non-hydrogen) atoms. The van der Waals surface area contributed by atoms with Crippen molar-refractivity contribution >= 4 is 28.6 Å². The monoisotopic (exact) mass is 292 g/mol. The van der Waals surface area contributed by atoms with Crippen LogP contribution >= 0.6 is 12.2 Å². The molecule has 0 atom stereocenters. The maximum Gasteiger partial charge on any atom is 0.183 e. The molecule has 104 valence electrons. The van der Waals surface area contributed by atoms with E-state index in [0.29, 0.717) is 0 Å². The van der Waals surface area contributed by atoms with Crippen molar-refractivity contribution in [1.29, 1.82) is 0 Å². The smallest absolute Gasteiger partial charge is 0.183 e. The van der Waals surface area contributed by atoms with Crippen LogP contribution < -0.4 is 10.6 Å². The van der Waals surface area contributed by atoms with E-state index in [4.69, 9.17) is 5.73 Å². The molecule has 0 aromatic heterocycles. The fourth-order valence-electron chi connectivity index (χ4n) is 2.06. The summed E-state index contributed by atoms with van der Waals surface area (Å²) in [5.41, 5.74) is 7.17. The zero-order valence-electron chi connectivity index (χ0n) is 11.2. The van der Waals surface area contributed by atoms with Gasteiger partial charge in [0.25, 0.3) is 0 Å². The Hall–Kier alpha value is -2.01. The average molecular weight is 292 g/mol. The molecule has 2 rings (SSSR count). The third-order valence-corrected chi connectivity index (χ3v) is 3.39. The van der Waals surface area contributed by atoms with Gasteiger partial charge in [-0.3, -0.25) is 0 Å². The number of nitrogens with zero attached hydrogens (tertiary/aromatic N) is 1. The van der Waals surface area contributed by atoms with E-state index in [1.807, 2.05) is 31.2 Å². The summed E-state index contributed by atoms with van der Waals surface area (Å²) in [4.78, 5) is 1.43. The Balaban J connectivity index is 2.52. The molecule has 2 aromatic carbocycles. The number of anilines is 2. The van der Waals surface area contributed by atoms with E-state index in [2.05, 4.69) is 12.2 Å². The normalized spacial score (nSPS) is 10.4. The summed E-state index contributed by atoms with van der Waals surface area (Å²) in [5.74, 6) is -1.98. The lowest BCUT2D eigenvalue weighted by Crippen LogP contribution is -2.17. The number of nitrogens with two attached hydrogens (primary N) is 1. The molecule has 0 aliphatic rings. The predicted octanol–water partition coefficient (Wildman–Crippen LogP) is 3.68. The number of benzene rings is 2. The molecule has 0 aliphatic heterocycles. The summed E-state index contributed by atoms with van der Waals surface area (Å²) in [5, 5.41) is 0. The average Bonchev–Trinajstić information content (AvgIpc) is 2.41. The zero-order valence-corrected chi connectivity index (χ0v) is 12.0. The molecule has 0 saturated carbocycles. The van der Waals surface area contributed by atoms with Crippen molar-refractivity contribution in [2.75, 3.05) is 11.9 Å². The molecule has 0 amide bonds. The molecule has 0 bridgehead atoms. The lowest BCUT2D eigenvalue weighted by atomic mass is 10.1. The van der Waals surface area contributed by atoms with Gasteiger partial charge in [0.2, 0.25) is 0 Å². The first-order valence-electron chi connectivity index (χ1n) is 6.00. The molecular weight excluding hydrogens is 278 g/mol. The highest BCUT2D eigenvalue weighted by Crippen LogP contribution is 2.30. The number of thiocarbonyl (C=S) groups is 1. The molecule has 2 aromatic rings. The topological polar surface area (TPSA) is 29.3 Å². The van der Waals surface area contributed by atoms with Gasteiger partial charge in [0.05, 0.1) is 5.69 Å². The molecule has 0 aliphatic carbocycles. The first kappa shape index (κ1) is 14.4. The van der Waals surface area contributed by atoms with Gasteiger partial charge in [-0.15, -0.1) is 0 Å². The molecule has 0 heterocycles. The van der Waals surface area contributed by atoms with Crippen molar-refractivity contribution in [2.24, 2.45) is 5.73 Å². The van der Waals surface area contributed by atoms with Crippen LogP contribution in [0.15, 0.2) is 36.4 Å². The Morgan fingerprint density at radius 2 is 1.70 bits per heavy atom. The van der Waals surface area contributed by atoms with Crippen LogP contribution in [0.4, 0.5) is 20.2 Å². The van der Waals surface area contributed by atoms with Crippen LogP contribution in [0.5, 0.6) is 0 Å². The molecule has 0 spiro atoms. The Morgan fingerprint density at radius 1 is 1.05 bits per heavy atom. The minimum atomic E-state index is -1.02. The van der Waals surface area contributed by atoms with Crippen molar-refractivity contribution < 1.29 is 8.78 Å². The molecule has 2 N–H and O–H groups in total. The van der Waals surface area contributed by atoms with Gasteiger partial charge < -0.3 is 10.6 Å². The highest BCUT2D eigenvalue weighted by Gasteiger charge is 2.18. The van der Waals surface area contributed by atoms with Crippen LogP contribution in [-0.4, -0.2) is 12.0 Å². The molecule has 2 nitrogen and oxygen atoms in total. The highest BCUT2D eigenvalue weighted by molar-refractivity contribution is 7.80. The minimum Gasteiger partial charge on any atom is -0.389 e. The Kier molecular flexibility index (Phi) is 3.99. The van der Waals surface area contributed by atoms with Crippen LogP contribution in [-0.2, 0) is 0 Å². The first-order chi connectivity index (χ1) is 9.43. The van der Waals surface area contributed by atoms with E-state index in [0.717, 1.165) is 11.3 Å².